The average Bonchev–Trinajstić information content (AvgIpc) is 2.38. The fraction of sp³-hybridized carbons (Fsp3) is 1.00. The maximum absolute atomic E-state index is 5.34. The Bertz CT molecular complexity index is 160. The number of hydrogen-bond acceptors (Lipinski definition) is 3. The zero-order valence-corrected chi connectivity index (χ0v) is 12.3. The standard InChI is InChI=1S/C14H29NOS/c1-2-3-4-5-6-7-8-9-14-17-15-10-12-16-13-11-15/h2-14H2,1H3. The van der Waals surface area contributed by atoms with Crippen LogP contribution in [0.4, 0.5) is 0 Å². The van der Waals surface area contributed by atoms with Gasteiger partial charge < -0.3 is 4.74 Å². The monoisotopic (exact) mass is 259 g/mol. The molecular weight excluding hydrogens is 230 g/mol. The summed E-state index contributed by atoms with van der Waals surface area (Å²) in [5.74, 6) is 1.30. The van der Waals surface area contributed by atoms with E-state index in [-0.39, 0.29) is 0 Å². The smallest absolute Gasteiger partial charge is 0.0603 e. The highest BCUT2D eigenvalue weighted by molar-refractivity contribution is 7.97. The summed E-state index contributed by atoms with van der Waals surface area (Å²) >= 11 is 2.02. The van der Waals surface area contributed by atoms with Gasteiger partial charge in [0.1, 0.15) is 0 Å². The molecule has 0 N–H and O–H groups in total. The first kappa shape index (κ1) is 15.3. The summed E-state index contributed by atoms with van der Waals surface area (Å²) in [6.07, 6.45) is 11.4. The minimum Gasteiger partial charge on any atom is -0.379 e. The van der Waals surface area contributed by atoms with Crippen LogP contribution in [0.15, 0.2) is 0 Å². The first-order chi connectivity index (χ1) is 8.43. The van der Waals surface area contributed by atoms with Crippen LogP contribution < -0.4 is 0 Å². The van der Waals surface area contributed by atoms with Gasteiger partial charge in [0.15, 0.2) is 0 Å². The van der Waals surface area contributed by atoms with Crippen molar-refractivity contribution < 1.29 is 4.74 Å². The summed E-state index contributed by atoms with van der Waals surface area (Å²) < 4.78 is 7.80. The normalized spacial score (nSPS) is 17.5. The third-order valence-electron chi connectivity index (χ3n) is 3.24. The van der Waals surface area contributed by atoms with Crippen LogP contribution in [0, 0.1) is 0 Å². The molecule has 0 aromatic carbocycles. The lowest BCUT2D eigenvalue weighted by Gasteiger charge is -2.25. The van der Waals surface area contributed by atoms with Crippen molar-refractivity contribution >= 4 is 11.9 Å². The van der Waals surface area contributed by atoms with E-state index in [1.54, 1.807) is 0 Å². The van der Waals surface area contributed by atoms with Gasteiger partial charge in [0.2, 0.25) is 0 Å². The zero-order chi connectivity index (χ0) is 12.2. The molecule has 0 amide bonds. The molecule has 0 aliphatic carbocycles. The quantitative estimate of drug-likeness (QED) is 0.433. The Labute approximate surface area is 112 Å². The van der Waals surface area contributed by atoms with E-state index in [9.17, 15) is 0 Å². The largest absolute Gasteiger partial charge is 0.379 e. The molecule has 0 atom stereocenters. The van der Waals surface area contributed by atoms with Gasteiger partial charge in [-0.15, -0.1) is 0 Å². The van der Waals surface area contributed by atoms with Crippen LogP contribution in [-0.4, -0.2) is 36.4 Å². The van der Waals surface area contributed by atoms with E-state index in [0.29, 0.717) is 0 Å². The summed E-state index contributed by atoms with van der Waals surface area (Å²) in [5, 5.41) is 0. The van der Waals surface area contributed by atoms with Gasteiger partial charge in [-0.3, -0.25) is 0 Å². The third kappa shape index (κ3) is 8.92. The van der Waals surface area contributed by atoms with Gasteiger partial charge in [0.05, 0.1) is 13.2 Å². The Morgan fingerprint density at radius 1 is 0.882 bits per heavy atom. The van der Waals surface area contributed by atoms with Crippen LogP contribution in [0.3, 0.4) is 0 Å². The summed E-state index contributed by atoms with van der Waals surface area (Å²) in [4.78, 5) is 0. The Balaban J connectivity index is 1.75. The van der Waals surface area contributed by atoms with E-state index < -0.39 is 0 Å². The van der Waals surface area contributed by atoms with Gasteiger partial charge in [-0.25, -0.2) is 4.31 Å². The van der Waals surface area contributed by atoms with Crippen molar-refractivity contribution in [1.29, 1.82) is 0 Å². The Morgan fingerprint density at radius 2 is 1.47 bits per heavy atom. The topological polar surface area (TPSA) is 12.5 Å². The summed E-state index contributed by atoms with van der Waals surface area (Å²) in [6.45, 7) is 6.35. The van der Waals surface area contributed by atoms with Crippen LogP contribution in [-0.2, 0) is 4.74 Å². The van der Waals surface area contributed by atoms with Crippen molar-refractivity contribution in [3.8, 4) is 0 Å². The van der Waals surface area contributed by atoms with Gasteiger partial charge >= 0.3 is 0 Å². The molecule has 0 radical (unpaired) electrons. The first-order valence-corrected chi connectivity index (χ1v) is 8.33. The molecule has 17 heavy (non-hydrogen) atoms. The highest BCUT2D eigenvalue weighted by atomic mass is 32.2. The van der Waals surface area contributed by atoms with E-state index in [4.69, 9.17) is 4.74 Å². The zero-order valence-electron chi connectivity index (χ0n) is 11.5. The lowest BCUT2D eigenvalue weighted by atomic mass is 10.1. The van der Waals surface area contributed by atoms with E-state index in [0.717, 1.165) is 26.3 Å². The van der Waals surface area contributed by atoms with Crippen LogP contribution in [0.2, 0.25) is 0 Å². The van der Waals surface area contributed by atoms with Crippen molar-refractivity contribution in [2.75, 3.05) is 32.1 Å². The summed E-state index contributed by atoms with van der Waals surface area (Å²) in [6, 6.07) is 0. The van der Waals surface area contributed by atoms with E-state index in [2.05, 4.69) is 11.2 Å². The number of hydrogen-bond donors (Lipinski definition) is 0. The molecule has 0 unspecified atom stereocenters. The molecule has 1 aliphatic heterocycles. The second-order valence-corrected chi connectivity index (χ2v) is 6.03. The fourth-order valence-electron chi connectivity index (χ4n) is 2.11. The van der Waals surface area contributed by atoms with Crippen molar-refractivity contribution in [2.24, 2.45) is 0 Å². The summed E-state index contributed by atoms with van der Waals surface area (Å²) in [5.41, 5.74) is 0. The number of unbranched alkanes of at least 4 members (excludes halogenated alkanes) is 7. The van der Waals surface area contributed by atoms with Crippen LogP contribution in [0.5, 0.6) is 0 Å². The minimum atomic E-state index is 0.921. The van der Waals surface area contributed by atoms with Gasteiger partial charge in [-0.2, -0.15) is 0 Å². The molecule has 1 fully saturated rings. The van der Waals surface area contributed by atoms with E-state index >= 15 is 0 Å². The molecule has 1 aliphatic rings. The molecule has 0 bridgehead atoms. The minimum absolute atomic E-state index is 0.921. The second kappa shape index (κ2) is 11.4. The highest BCUT2D eigenvalue weighted by Crippen LogP contribution is 2.15. The van der Waals surface area contributed by atoms with Crippen molar-refractivity contribution in [1.82, 2.24) is 4.31 Å². The number of nitrogens with zero attached hydrogens (tertiary/aromatic N) is 1. The fourth-order valence-corrected chi connectivity index (χ4v) is 3.10. The van der Waals surface area contributed by atoms with E-state index in [1.807, 2.05) is 11.9 Å². The molecule has 0 saturated carbocycles. The van der Waals surface area contributed by atoms with Gasteiger partial charge in [-0.1, -0.05) is 63.8 Å². The Kier molecular flexibility index (Phi) is 10.2. The van der Waals surface area contributed by atoms with Crippen molar-refractivity contribution in [3.05, 3.63) is 0 Å². The molecule has 3 heteroatoms. The molecule has 1 saturated heterocycles. The molecule has 1 heterocycles. The van der Waals surface area contributed by atoms with Gasteiger partial charge in [-0.05, 0) is 6.42 Å². The average molecular weight is 259 g/mol. The Morgan fingerprint density at radius 3 is 2.12 bits per heavy atom. The highest BCUT2D eigenvalue weighted by Gasteiger charge is 2.09. The maximum atomic E-state index is 5.34. The molecule has 102 valence electrons. The molecule has 0 spiro atoms. The predicted molar refractivity (Wildman–Crippen MR) is 77.5 cm³/mol. The molecule has 1 rings (SSSR count). The van der Waals surface area contributed by atoms with Gasteiger partial charge in [0, 0.05) is 18.8 Å². The summed E-state index contributed by atoms with van der Waals surface area (Å²) in [7, 11) is 0. The van der Waals surface area contributed by atoms with Crippen LogP contribution in [0.25, 0.3) is 0 Å². The molecular formula is C14H29NOS. The van der Waals surface area contributed by atoms with Crippen LogP contribution in [0.1, 0.15) is 58.3 Å². The number of ether oxygens (including phenoxy) is 1. The predicted octanol–water partition coefficient (Wildman–Crippen LogP) is 4.11. The lowest BCUT2D eigenvalue weighted by molar-refractivity contribution is 0.0773. The Hall–Kier alpha value is 0.270. The van der Waals surface area contributed by atoms with Gasteiger partial charge in [0.25, 0.3) is 0 Å². The maximum Gasteiger partial charge on any atom is 0.0603 e. The second-order valence-electron chi connectivity index (χ2n) is 4.85. The molecule has 0 aromatic heterocycles. The number of rotatable bonds is 10. The third-order valence-corrected chi connectivity index (χ3v) is 4.44. The van der Waals surface area contributed by atoms with E-state index in [1.165, 1.54) is 57.1 Å². The SMILES string of the molecule is CCCCCCCCCCSN1CCOCC1. The molecule has 0 aromatic rings. The van der Waals surface area contributed by atoms with Crippen molar-refractivity contribution in [3.63, 3.8) is 0 Å². The lowest BCUT2D eigenvalue weighted by Crippen LogP contribution is -2.31. The first-order valence-electron chi connectivity index (χ1n) is 7.39. The molecule has 2 nitrogen and oxygen atoms in total. The van der Waals surface area contributed by atoms with Crippen molar-refractivity contribution in [2.45, 2.75) is 58.3 Å². The van der Waals surface area contributed by atoms with Crippen LogP contribution >= 0.6 is 11.9 Å². The number of morpholine rings is 1.